The molecule has 0 spiro atoms. The van der Waals surface area contributed by atoms with Crippen molar-refractivity contribution < 1.29 is 14.3 Å². The van der Waals surface area contributed by atoms with Crippen LogP contribution in [-0.2, 0) is 13.2 Å². The van der Waals surface area contributed by atoms with E-state index in [0.717, 1.165) is 26.9 Å². The molecule has 4 rings (SSSR count). The number of rotatable bonds is 9. The summed E-state index contributed by atoms with van der Waals surface area (Å²) in [5, 5.41) is 3.04. The molecule has 4 aromatic carbocycles. The highest BCUT2D eigenvalue weighted by Crippen LogP contribution is 2.31. The Kier molecular flexibility index (Phi) is 8.63. The molecule has 36 heavy (non-hydrogen) atoms. The van der Waals surface area contributed by atoms with E-state index in [1.54, 1.807) is 7.11 Å². The normalized spacial score (nSPS) is 11.4. The van der Waals surface area contributed by atoms with Gasteiger partial charge in [-0.3, -0.25) is 0 Å². The van der Waals surface area contributed by atoms with Crippen LogP contribution in [0.3, 0.4) is 0 Å². The van der Waals surface area contributed by atoms with Gasteiger partial charge in [-0.2, -0.15) is 0 Å². The van der Waals surface area contributed by atoms with E-state index < -0.39 is 0 Å². The van der Waals surface area contributed by atoms with Gasteiger partial charge in [0, 0.05) is 16.7 Å². The molecule has 1 N–H and O–H groups in total. The summed E-state index contributed by atoms with van der Waals surface area (Å²) in [5.41, 5.74) is 3.78. The number of amides is 2. The maximum atomic E-state index is 13.5. The molecule has 0 bridgehead atoms. The van der Waals surface area contributed by atoms with E-state index in [1.165, 1.54) is 0 Å². The van der Waals surface area contributed by atoms with Gasteiger partial charge in [0.05, 0.1) is 13.2 Å². The molecular weight excluding hydrogens is 516 g/mol. The molecule has 1 atom stereocenters. The lowest BCUT2D eigenvalue weighted by molar-refractivity contribution is 0.189. The van der Waals surface area contributed by atoms with Crippen molar-refractivity contribution in [3.63, 3.8) is 0 Å². The molecule has 0 heterocycles. The molecule has 184 valence electrons. The van der Waals surface area contributed by atoms with Crippen LogP contribution in [0.2, 0.25) is 0 Å². The molecule has 0 aliphatic carbocycles. The maximum Gasteiger partial charge on any atom is 0.322 e. The first-order chi connectivity index (χ1) is 17.5. The minimum Gasteiger partial charge on any atom is -0.493 e. The van der Waals surface area contributed by atoms with E-state index in [0.29, 0.717) is 24.7 Å². The second-order valence-corrected chi connectivity index (χ2v) is 9.33. The number of benzene rings is 4. The number of ether oxygens (including phenoxy) is 2. The maximum absolute atomic E-state index is 13.5. The van der Waals surface area contributed by atoms with Gasteiger partial charge in [0.25, 0.3) is 0 Å². The number of urea groups is 1. The number of nitrogens with one attached hydrogen (secondary N) is 1. The van der Waals surface area contributed by atoms with Crippen LogP contribution in [0.25, 0.3) is 0 Å². The molecule has 0 radical (unpaired) electrons. The molecule has 6 heteroatoms. The lowest BCUT2D eigenvalue weighted by Crippen LogP contribution is -2.36. The molecule has 0 aromatic heterocycles. The monoisotopic (exact) mass is 544 g/mol. The third-order valence-corrected chi connectivity index (χ3v) is 6.40. The Balaban J connectivity index is 1.59. The fraction of sp³-hybridized carbons (Fsp3) is 0.167. The summed E-state index contributed by atoms with van der Waals surface area (Å²) in [4.78, 5) is 15.3. The SMILES string of the molecule is COc1ccc(CN(C(=O)Nc2cccc(Br)c2)C(C)c2ccccc2)cc1OCc1ccccc1. The van der Waals surface area contributed by atoms with E-state index in [-0.39, 0.29) is 12.1 Å². The van der Waals surface area contributed by atoms with Crippen LogP contribution in [0.5, 0.6) is 11.5 Å². The zero-order valence-electron chi connectivity index (χ0n) is 20.4. The number of hydrogen-bond acceptors (Lipinski definition) is 3. The fourth-order valence-electron chi connectivity index (χ4n) is 3.92. The average molecular weight is 545 g/mol. The Morgan fingerprint density at radius 3 is 2.28 bits per heavy atom. The third kappa shape index (κ3) is 6.67. The number of nitrogens with zero attached hydrogens (tertiary/aromatic N) is 1. The number of halogens is 1. The Bertz CT molecular complexity index is 1280. The Morgan fingerprint density at radius 2 is 1.58 bits per heavy atom. The molecule has 0 saturated carbocycles. The van der Waals surface area contributed by atoms with Crippen LogP contribution >= 0.6 is 15.9 Å². The van der Waals surface area contributed by atoms with Gasteiger partial charge in [-0.1, -0.05) is 88.7 Å². The first kappa shape index (κ1) is 25.3. The Morgan fingerprint density at radius 1 is 0.861 bits per heavy atom. The molecule has 0 aliphatic rings. The number of methoxy groups -OCH3 is 1. The molecule has 2 amide bonds. The van der Waals surface area contributed by atoms with E-state index in [9.17, 15) is 4.79 Å². The highest BCUT2D eigenvalue weighted by molar-refractivity contribution is 9.10. The van der Waals surface area contributed by atoms with E-state index in [1.807, 2.05) is 115 Å². The van der Waals surface area contributed by atoms with Crippen LogP contribution < -0.4 is 14.8 Å². The third-order valence-electron chi connectivity index (χ3n) is 5.90. The van der Waals surface area contributed by atoms with Gasteiger partial charge >= 0.3 is 6.03 Å². The minimum atomic E-state index is -0.188. The molecule has 4 aromatic rings. The summed E-state index contributed by atoms with van der Waals surface area (Å²) in [7, 11) is 1.62. The van der Waals surface area contributed by atoms with Crippen LogP contribution in [0, 0.1) is 0 Å². The van der Waals surface area contributed by atoms with Crippen LogP contribution in [-0.4, -0.2) is 18.0 Å². The first-order valence-electron chi connectivity index (χ1n) is 11.8. The van der Waals surface area contributed by atoms with E-state index >= 15 is 0 Å². The van der Waals surface area contributed by atoms with Crippen LogP contribution in [0.1, 0.15) is 29.7 Å². The molecule has 0 saturated heterocycles. The number of carbonyl (C=O) groups is 1. The van der Waals surface area contributed by atoms with Crippen molar-refractivity contribution in [1.82, 2.24) is 4.90 Å². The van der Waals surface area contributed by atoms with Gasteiger partial charge in [0.1, 0.15) is 6.61 Å². The van der Waals surface area contributed by atoms with Crippen molar-refractivity contribution in [1.29, 1.82) is 0 Å². The lowest BCUT2D eigenvalue weighted by atomic mass is 10.1. The number of carbonyl (C=O) groups excluding carboxylic acids is 1. The van der Waals surface area contributed by atoms with E-state index in [4.69, 9.17) is 9.47 Å². The summed E-state index contributed by atoms with van der Waals surface area (Å²) in [6.07, 6.45) is 0. The summed E-state index contributed by atoms with van der Waals surface area (Å²) < 4.78 is 12.5. The quantitative estimate of drug-likeness (QED) is 0.233. The molecule has 1 unspecified atom stereocenters. The second-order valence-electron chi connectivity index (χ2n) is 8.41. The van der Waals surface area contributed by atoms with Crippen molar-refractivity contribution >= 4 is 27.6 Å². The van der Waals surface area contributed by atoms with Crippen molar-refractivity contribution in [2.24, 2.45) is 0 Å². The zero-order chi connectivity index (χ0) is 25.3. The zero-order valence-corrected chi connectivity index (χ0v) is 21.9. The average Bonchev–Trinajstić information content (AvgIpc) is 2.91. The van der Waals surface area contributed by atoms with Crippen molar-refractivity contribution in [2.45, 2.75) is 26.1 Å². The van der Waals surface area contributed by atoms with Crippen molar-refractivity contribution in [2.75, 3.05) is 12.4 Å². The topological polar surface area (TPSA) is 50.8 Å². The lowest BCUT2D eigenvalue weighted by Gasteiger charge is -2.30. The van der Waals surface area contributed by atoms with Gasteiger partial charge in [-0.25, -0.2) is 4.79 Å². The highest BCUT2D eigenvalue weighted by Gasteiger charge is 2.23. The highest BCUT2D eigenvalue weighted by atomic mass is 79.9. The van der Waals surface area contributed by atoms with Crippen LogP contribution in [0.15, 0.2) is 108 Å². The van der Waals surface area contributed by atoms with Gasteiger partial charge in [-0.15, -0.1) is 0 Å². The standard InChI is InChI=1S/C30H29BrN2O3/c1-22(25-12-7-4-8-13-25)33(30(34)32-27-15-9-14-26(31)19-27)20-24-16-17-28(35-2)29(18-24)36-21-23-10-5-3-6-11-23/h3-19,22H,20-21H2,1-2H3,(H,32,34). The number of anilines is 1. The molecule has 0 fully saturated rings. The van der Waals surface area contributed by atoms with Gasteiger partial charge in [0.2, 0.25) is 0 Å². The minimum absolute atomic E-state index is 0.158. The smallest absolute Gasteiger partial charge is 0.322 e. The van der Waals surface area contributed by atoms with Crippen molar-refractivity contribution in [3.05, 3.63) is 124 Å². The van der Waals surface area contributed by atoms with Crippen LogP contribution in [0.4, 0.5) is 10.5 Å². The number of hydrogen-bond donors (Lipinski definition) is 1. The Labute approximate surface area is 220 Å². The van der Waals surface area contributed by atoms with Gasteiger partial charge in [-0.05, 0) is 53.9 Å². The van der Waals surface area contributed by atoms with Gasteiger partial charge in [0.15, 0.2) is 11.5 Å². The molecule has 5 nitrogen and oxygen atoms in total. The largest absolute Gasteiger partial charge is 0.493 e. The second kappa shape index (κ2) is 12.3. The van der Waals surface area contributed by atoms with Gasteiger partial charge < -0.3 is 19.7 Å². The van der Waals surface area contributed by atoms with E-state index in [2.05, 4.69) is 21.2 Å². The summed E-state index contributed by atoms with van der Waals surface area (Å²) in [5.74, 6) is 1.29. The predicted octanol–water partition coefficient (Wildman–Crippen LogP) is 7.83. The molecule has 0 aliphatic heterocycles. The summed E-state index contributed by atoms with van der Waals surface area (Å²) in [6.45, 7) is 2.85. The predicted molar refractivity (Wildman–Crippen MR) is 147 cm³/mol. The van der Waals surface area contributed by atoms with Crippen molar-refractivity contribution in [3.8, 4) is 11.5 Å². The summed E-state index contributed by atoms with van der Waals surface area (Å²) >= 11 is 3.47. The first-order valence-corrected chi connectivity index (χ1v) is 12.5. The summed E-state index contributed by atoms with van der Waals surface area (Å²) in [6, 6.07) is 33.0. The Hall–Kier alpha value is -3.77. The fourth-order valence-corrected chi connectivity index (χ4v) is 4.32. The molecular formula is C30H29BrN2O3.